The average Bonchev–Trinajstić information content (AvgIpc) is 2.86. The lowest BCUT2D eigenvalue weighted by Gasteiger charge is -2.20. The second kappa shape index (κ2) is 5.35. The van der Waals surface area contributed by atoms with Gasteiger partial charge in [-0.25, -0.2) is 0 Å². The van der Waals surface area contributed by atoms with Crippen LogP contribution < -0.4 is 20.7 Å². The van der Waals surface area contributed by atoms with E-state index in [0.717, 1.165) is 34.0 Å². The fraction of sp³-hybridized carbons (Fsp3) is 0.167. The van der Waals surface area contributed by atoms with E-state index >= 15 is 0 Å². The topological polar surface area (TPSA) is 62.4 Å². The molecule has 0 saturated carbocycles. The Morgan fingerprint density at radius 1 is 1.04 bits per heavy atom. The van der Waals surface area contributed by atoms with Gasteiger partial charge < -0.3 is 20.7 Å². The van der Waals surface area contributed by atoms with E-state index < -0.39 is 0 Å². The monoisotopic (exact) mass is 307 g/mol. The standard InChI is InChI=1S/C18H17N3O2/c1-23-12-8-6-11(7-9-12)17-16-15(10-19-18(16)22)20-13-4-2-3-5-14(13)21-17/h2-9,17,20-21H,10H2,1H3,(H,19,22)/t17-/m0/s1. The molecule has 0 aliphatic carbocycles. The number of para-hydroxylation sites is 2. The lowest BCUT2D eigenvalue weighted by Crippen LogP contribution is -2.23. The molecule has 5 heteroatoms. The van der Waals surface area contributed by atoms with E-state index in [0.29, 0.717) is 6.54 Å². The normalized spacial score (nSPS) is 19.0. The zero-order valence-electron chi connectivity index (χ0n) is 12.7. The summed E-state index contributed by atoms with van der Waals surface area (Å²) in [6.07, 6.45) is 0. The first-order chi connectivity index (χ1) is 11.3. The first-order valence-corrected chi connectivity index (χ1v) is 7.54. The number of ether oxygens (including phenoxy) is 1. The van der Waals surface area contributed by atoms with Crippen LogP contribution in [0.2, 0.25) is 0 Å². The van der Waals surface area contributed by atoms with Crippen LogP contribution in [-0.2, 0) is 4.79 Å². The van der Waals surface area contributed by atoms with Crippen molar-refractivity contribution in [3.63, 3.8) is 0 Å². The number of nitrogens with one attached hydrogen (secondary N) is 3. The van der Waals surface area contributed by atoms with Gasteiger partial charge in [-0.1, -0.05) is 24.3 Å². The Hall–Kier alpha value is -2.95. The van der Waals surface area contributed by atoms with E-state index in [1.807, 2.05) is 48.5 Å². The van der Waals surface area contributed by atoms with Gasteiger partial charge in [-0.15, -0.1) is 0 Å². The van der Waals surface area contributed by atoms with Crippen molar-refractivity contribution in [1.82, 2.24) is 5.32 Å². The maximum Gasteiger partial charge on any atom is 0.251 e. The zero-order valence-corrected chi connectivity index (χ0v) is 12.7. The SMILES string of the molecule is COc1ccc([C@@H]2Nc3ccccc3NC3=C2C(=O)NC3)cc1. The van der Waals surface area contributed by atoms with Gasteiger partial charge in [0.05, 0.1) is 36.6 Å². The number of fused-ring (bicyclic) bond motifs is 1. The van der Waals surface area contributed by atoms with Crippen LogP contribution in [0.1, 0.15) is 11.6 Å². The number of hydrogen-bond donors (Lipinski definition) is 3. The highest BCUT2D eigenvalue weighted by Crippen LogP contribution is 2.38. The molecule has 2 aromatic rings. The molecule has 2 aromatic carbocycles. The van der Waals surface area contributed by atoms with Crippen LogP contribution in [0.3, 0.4) is 0 Å². The molecule has 0 spiro atoms. The predicted octanol–water partition coefficient (Wildman–Crippen LogP) is 2.66. The van der Waals surface area contributed by atoms with E-state index in [-0.39, 0.29) is 11.9 Å². The summed E-state index contributed by atoms with van der Waals surface area (Å²) in [7, 11) is 1.64. The molecule has 23 heavy (non-hydrogen) atoms. The Morgan fingerprint density at radius 2 is 1.78 bits per heavy atom. The molecular formula is C18H17N3O2. The number of carbonyl (C=O) groups excluding carboxylic acids is 1. The minimum absolute atomic E-state index is 0.0337. The molecular weight excluding hydrogens is 290 g/mol. The highest BCUT2D eigenvalue weighted by molar-refractivity contribution is 6.00. The quantitative estimate of drug-likeness (QED) is 0.798. The summed E-state index contributed by atoms with van der Waals surface area (Å²) >= 11 is 0. The Labute approximate surface area is 134 Å². The van der Waals surface area contributed by atoms with E-state index in [1.165, 1.54) is 0 Å². The van der Waals surface area contributed by atoms with Crippen molar-refractivity contribution in [3.05, 3.63) is 65.4 Å². The van der Waals surface area contributed by atoms with Crippen LogP contribution in [0, 0.1) is 0 Å². The molecule has 0 saturated heterocycles. The molecule has 0 aromatic heterocycles. The third-order valence-electron chi connectivity index (χ3n) is 4.25. The average molecular weight is 307 g/mol. The molecule has 0 bridgehead atoms. The summed E-state index contributed by atoms with van der Waals surface area (Å²) in [6.45, 7) is 0.525. The van der Waals surface area contributed by atoms with Crippen molar-refractivity contribution in [3.8, 4) is 5.75 Å². The molecule has 0 radical (unpaired) electrons. The van der Waals surface area contributed by atoms with Crippen LogP contribution in [0.5, 0.6) is 5.75 Å². The van der Waals surface area contributed by atoms with Gasteiger partial charge in [-0.2, -0.15) is 0 Å². The van der Waals surface area contributed by atoms with E-state index in [9.17, 15) is 4.79 Å². The van der Waals surface area contributed by atoms with Crippen LogP contribution in [0.15, 0.2) is 59.8 Å². The van der Waals surface area contributed by atoms with Crippen LogP contribution in [0.4, 0.5) is 11.4 Å². The molecule has 0 fully saturated rings. The molecule has 1 atom stereocenters. The summed E-state index contributed by atoms with van der Waals surface area (Å²) < 4.78 is 5.22. The fourth-order valence-electron chi connectivity index (χ4n) is 3.07. The van der Waals surface area contributed by atoms with Crippen molar-refractivity contribution in [2.24, 2.45) is 0 Å². The molecule has 116 valence electrons. The number of carbonyl (C=O) groups is 1. The maximum atomic E-state index is 12.3. The van der Waals surface area contributed by atoms with Crippen molar-refractivity contribution in [2.75, 3.05) is 24.3 Å². The predicted molar refractivity (Wildman–Crippen MR) is 89.5 cm³/mol. The van der Waals surface area contributed by atoms with E-state index in [4.69, 9.17) is 4.74 Å². The Bertz CT molecular complexity index is 796. The number of hydrogen-bond acceptors (Lipinski definition) is 4. The molecule has 2 heterocycles. The maximum absolute atomic E-state index is 12.3. The zero-order chi connectivity index (χ0) is 15.8. The molecule has 2 aliphatic rings. The summed E-state index contributed by atoms with van der Waals surface area (Å²) in [4.78, 5) is 12.3. The lowest BCUT2D eigenvalue weighted by atomic mass is 9.97. The molecule has 2 aliphatic heterocycles. The third kappa shape index (κ3) is 2.30. The van der Waals surface area contributed by atoms with Gasteiger partial charge in [0.25, 0.3) is 5.91 Å². The van der Waals surface area contributed by atoms with Crippen LogP contribution in [-0.4, -0.2) is 19.6 Å². The number of amides is 1. The van der Waals surface area contributed by atoms with Crippen LogP contribution in [0.25, 0.3) is 0 Å². The molecule has 0 unspecified atom stereocenters. The van der Waals surface area contributed by atoms with Gasteiger partial charge in [0, 0.05) is 5.70 Å². The second-order valence-corrected chi connectivity index (χ2v) is 5.60. The van der Waals surface area contributed by atoms with Gasteiger partial charge in [0.1, 0.15) is 5.75 Å². The number of anilines is 2. The molecule has 3 N–H and O–H groups in total. The Balaban J connectivity index is 1.81. The summed E-state index contributed by atoms with van der Waals surface area (Å²) in [6, 6.07) is 15.6. The minimum Gasteiger partial charge on any atom is -0.497 e. The van der Waals surface area contributed by atoms with Crippen molar-refractivity contribution < 1.29 is 9.53 Å². The lowest BCUT2D eigenvalue weighted by molar-refractivity contribution is -0.116. The number of methoxy groups -OCH3 is 1. The van der Waals surface area contributed by atoms with Crippen molar-refractivity contribution in [1.29, 1.82) is 0 Å². The van der Waals surface area contributed by atoms with Crippen LogP contribution >= 0.6 is 0 Å². The largest absolute Gasteiger partial charge is 0.497 e. The minimum atomic E-state index is -0.199. The Morgan fingerprint density at radius 3 is 2.52 bits per heavy atom. The smallest absolute Gasteiger partial charge is 0.251 e. The van der Waals surface area contributed by atoms with Gasteiger partial charge in [-0.05, 0) is 29.8 Å². The van der Waals surface area contributed by atoms with Crippen molar-refractivity contribution in [2.45, 2.75) is 6.04 Å². The van der Waals surface area contributed by atoms with Crippen molar-refractivity contribution >= 4 is 17.3 Å². The highest BCUT2D eigenvalue weighted by Gasteiger charge is 2.33. The third-order valence-corrected chi connectivity index (χ3v) is 4.25. The Kier molecular flexibility index (Phi) is 3.19. The second-order valence-electron chi connectivity index (χ2n) is 5.60. The summed E-state index contributed by atoms with van der Waals surface area (Å²) in [5, 5.41) is 9.78. The summed E-state index contributed by atoms with van der Waals surface area (Å²) in [5.74, 6) is 0.764. The number of rotatable bonds is 2. The van der Waals surface area contributed by atoms with Gasteiger partial charge in [-0.3, -0.25) is 4.79 Å². The van der Waals surface area contributed by atoms with Gasteiger partial charge in [0.2, 0.25) is 0 Å². The molecule has 1 amide bonds. The van der Waals surface area contributed by atoms with Gasteiger partial charge >= 0.3 is 0 Å². The first kappa shape index (κ1) is 13.7. The van der Waals surface area contributed by atoms with E-state index in [1.54, 1.807) is 7.11 Å². The molecule has 4 rings (SSSR count). The molecule has 5 nitrogen and oxygen atoms in total. The van der Waals surface area contributed by atoms with Gasteiger partial charge in [0.15, 0.2) is 0 Å². The highest BCUT2D eigenvalue weighted by atomic mass is 16.5. The summed E-state index contributed by atoms with van der Waals surface area (Å²) in [5.41, 5.74) is 4.65. The van der Waals surface area contributed by atoms with E-state index in [2.05, 4.69) is 16.0 Å². The number of benzene rings is 2. The fourth-order valence-corrected chi connectivity index (χ4v) is 3.07. The first-order valence-electron chi connectivity index (χ1n) is 7.54.